The van der Waals surface area contributed by atoms with Gasteiger partial charge in [0.1, 0.15) is 11.3 Å². The summed E-state index contributed by atoms with van der Waals surface area (Å²) in [4.78, 5) is 7.08. The number of rotatable bonds is 2. The van der Waals surface area contributed by atoms with Gasteiger partial charge in [0.15, 0.2) is 11.6 Å². The predicted molar refractivity (Wildman–Crippen MR) is 58.7 cm³/mol. The van der Waals surface area contributed by atoms with E-state index in [1.54, 1.807) is 0 Å². The fraction of sp³-hybridized carbons (Fsp3) is 0.417. The number of fused-ring (bicyclic) bond motifs is 1. The summed E-state index contributed by atoms with van der Waals surface area (Å²) in [6.45, 7) is 0.772. The SMILES string of the molecule is Fc1ccc2[nH]c(CC3CCCO3)nc2c1F. The van der Waals surface area contributed by atoms with Crippen molar-refractivity contribution in [1.29, 1.82) is 0 Å². The van der Waals surface area contributed by atoms with Gasteiger partial charge >= 0.3 is 0 Å². The summed E-state index contributed by atoms with van der Waals surface area (Å²) in [6.07, 6.45) is 2.81. The molecule has 1 aliphatic heterocycles. The number of halogens is 2. The summed E-state index contributed by atoms with van der Waals surface area (Å²) in [5, 5.41) is 0. The Labute approximate surface area is 96.8 Å². The molecular formula is C12H12F2N2O. The Bertz CT molecular complexity index is 547. The van der Waals surface area contributed by atoms with E-state index in [1.165, 1.54) is 6.07 Å². The van der Waals surface area contributed by atoms with Crippen LogP contribution in [0.3, 0.4) is 0 Å². The van der Waals surface area contributed by atoms with Crippen LogP contribution in [-0.4, -0.2) is 22.7 Å². The molecule has 5 heteroatoms. The lowest BCUT2D eigenvalue weighted by Crippen LogP contribution is -2.09. The highest BCUT2D eigenvalue weighted by atomic mass is 19.2. The molecule has 0 saturated carbocycles. The molecule has 3 nitrogen and oxygen atoms in total. The Morgan fingerprint density at radius 1 is 1.41 bits per heavy atom. The van der Waals surface area contributed by atoms with Gasteiger partial charge in [-0.2, -0.15) is 0 Å². The van der Waals surface area contributed by atoms with Crippen LogP contribution in [0.15, 0.2) is 12.1 Å². The number of ether oxygens (including phenoxy) is 1. The Morgan fingerprint density at radius 3 is 3.06 bits per heavy atom. The summed E-state index contributed by atoms with van der Waals surface area (Å²) < 4.78 is 31.9. The third-order valence-electron chi connectivity index (χ3n) is 3.04. The number of nitrogens with one attached hydrogen (secondary N) is 1. The van der Waals surface area contributed by atoms with E-state index in [0.717, 1.165) is 25.5 Å². The lowest BCUT2D eigenvalue weighted by atomic mass is 10.2. The maximum atomic E-state index is 13.4. The number of benzene rings is 1. The molecule has 1 unspecified atom stereocenters. The van der Waals surface area contributed by atoms with Crippen LogP contribution in [-0.2, 0) is 11.2 Å². The van der Waals surface area contributed by atoms with Gasteiger partial charge in [-0.25, -0.2) is 13.8 Å². The van der Waals surface area contributed by atoms with Gasteiger partial charge in [-0.1, -0.05) is 0 Å². The van der Waals surface area contributed by atoms with Gasteiger partial charge in [0, 0.05) is 13.0 Å². The fourth-order valence-corrected chi connectivity index (χ4v) is 2.19. The van der Waals surface area contributed by atoms with Gasteiger partial charge in [0.05, 0.1) is 11.6 Å². The zero-order valence-electron chi connectivity index (χ0n) is 9.17. The topological polar surface area (TPSA) is 37.9 Å². The quantitative estimate of drug-likeness (QED) is 0.873. The molecule has 1 fully saturated rings. The summed E-state index contributed by atoms with van der Waals surface area (Å²) in [6, 6.07) is 2.60. The third-order valence-corrected chi connectivity index (χ3v) is 3.04. The molecule has 0 aliphatic carbocycles. The second kappa shape index (κ2) is 4.07. The second-order valence-corrected chi connectivity index (χ2v) is 4.28. The molecule has 90 valence electrons. The molecule has 0 radical (unpaired) electrons. The summed E-state index contributed by atoms with van der Waals surface area (Å²) in [5.41, 5.74) is 0.592. The highest BCUT2D eigenvalue weighted by Crippen LogP contribution is 2.21. The van der Waals surface area contributed by atoms with Crippen LogP contribution >= 0.6 is 0 Å². The lowest BCUT2D eigenvalue weighted by Gasteiger charge is -2.05. The van der Waals surface area contributed by atoms with Crippen molar-refractivity contribution in [3.8, 4) is 0 Å². The Hall–Kier alpha value is -1.49. The summed E-state index contributed by atoms with van der Waals surface area (Å²) >= 11 is 0. The van der Waals surface area contributed by atoms with Crippen LogP contribution in [0.4, 0.5) is 8.78 Å². The van der Waals surface area contributed by atoms with E-state index in [0.29, 0.717) is 17.8 Å². The van der Waals surface area contributed by atoms with Gasteiger partial charge in [-0.3, -0.25) is 0 Å². The Balaban J connectivity index is 1.93. The zero-order valence-corrected chi connectivity index (χ0v) is 9.17. The second-order valence-electron chi connectivity index (χ2n) is 4.28. The average Bonchev–Trinajstić information content (AvgIpc) is 2.93. The molecule has 1 N–H and O–H groups in total. The maximum absolute atomic E-state index is 13.4. The van der Waals surface area contributed by atoms with Gasteiger partial charge in [-0.15, -0.1) is 0 Å². The van der Waals surface area contributed by atoms with E-state index in [2.05, 4.69) is 9.97 Å². The van der Waals surface area contributed by atoms with Crippen LogP contribution in [0.25, 0.3) is 11.0 Å². The Morgan fingerprint density at radius 2 is 2.29 bits per heavy atom. The first-order chi connectivity index (χ1) is 8.24. The van der Waals surface area contributed by atoms with Crippen LogP contribution in [0.2, 0.25) is 0 Å². The van der Waals surface area contributed by atoms with Crippen molar-refractivity contribution < 1.29 is 13.5 Å². The molecule has 0 amide bonds. The van der Waals surface area contributed by atoms with Crippen molar-refractivity contribution >= 4 is 11.0 Å². The van der Waals surface area contributed by atoms with E-state index in [9.17, 15) is 8.78 Å². The van der Waals surface area contributed by atoms with Crippen molar-refractivity contribution in [1.82, 2.24) is 9.97 Å². The van der Waals surface area contributed by atoms with Gasteiger partial charge in [0.2, 0.25) is 0 Å². The fourth-order valence-electron chi connectivity index (χ4n) is 2.19. The van der Waals surface area contributed by atoms with E-state index in [1.807, 2.05) is 0 Å². The number of nitrogens with zero attached hydrogens (tertiary/aromatic N) is 1. The van der Waals surface area contributed by atoms with E-state index in [-0.39, 0.29) is 11.6 Å². The normalized spacial score (nSPS) is 20.2. The molecule has 2 aromatic rings. The summed E-state index contributed by atoms with van der Waals surface area (Å²) in [7, 11) is 0. The molecule has 1 saturated heterocycles. The number of aromatic amines is 1. The maximum Gasteiger partial charge on any atom is 0.186 e. The first-order valence-corrected chi connectivity index (χ1v) is 5.68. The summed E-state index contributed by atoms with van der Waals surface area (Å²) in [5.74, 6) is -1.11. The van der Waals surface area contributed by atoms with E-state index < -0.39 is 11.6 Å². The minimum Gasteiger partial charge on any atom is -0.378 e. The van der Waals surface area contributed by atoms with E-state index in [4.69, 9.17) is 4.74 Å². The van der Waals surface area contributed by atoms with Gasteiger partial charge in [-0.05, 0) is 25.0 Å². The first kappa shape index (κ1) is 10.7. The number of aromatic nitrogens is 2. The highest BCUT2D eigenvalue weighted by Gasteiger charge is 2.19. The minimum atomic E-state index is -0.891. The molecule has 0 bridgehead atoms. The van der Waals surface area contributed by atoms with Crippen molar-refractivity contribution in [2.45, 2.75) is 25.4 Å². The molecule has 1 aliphatic rings. The van der Waals surface area contributed by atoms with E-state index >= 15 is 0 Å². The number of hydrogen-bond acceptors (Lipinski definition) is 2. The number of hydrogen-bond donors (Lipinski definition) is 1. The zero-order chi connectivity index (χ0) is 11.8. The molecule has 17 heavy (non-hydrogen) atoms. The molecule has 1 aromatic carbocycles. The van der Waals surface area contributed by atoms with Crippen molar-refractivity contribution in [3.63, 3.8) is 0 Å². The van der Waals surface area contributed by atoms with Crippen molar-refractivity contribution in [2.75, 3.05) is 6.61 Å². The van der Waals surface area contributed by atoms with Crippen LogP contribution in [0, 0.1) is 11.6 Å². The molecule has 1 aromatic heterocycles. The van der Waals surface area contributed by atoms with Gasteiger partial charge in [0.25, 0.3) is 0 Å². The predicted octanol–water partition coefficient (Wildman–Crippen LogP) is 2.56. The number of H-pyrrole nitrogens is 1. The van der Waals surface area contributed by atoms with Crippen LogP contribution < -0.4 is 0 Å². The molecule has 3 rings (SSSR count). The minimum absolute atomic E-state index is 0.0676. The monoisotopic (exact) mass is 238 g/mol. The average molecular weight is 238 g/mol. The lowest BCUT2D eigenvalue weighted by molar-refractivity contribution is 0.110. The van der Waals surface area contributed by atoms with Crippen LogP contribution in [0.5, 0.6) is 0 Å². The number of imidazole rings is 1. The van der Waals surface area contributed by atoms with Crippen molar-refractivity contribution in [2.24, 2.45) is 0 Å². The molecule has 1 atom stereocenters. The smallest absolute Gasteiger partial charge is 0.186 e. The standard InChI is InChI=1S/C12H12F2N2O/c13-8-3-4-9-12(11(8)14)16-10(15-9)6-7-2-1-5-17-7/h3-4,7H,1-2,5-6H2,(H,15,16). The first-order valence-electron chi connectivity index (χ1n) is 5.68. The van der Waals surface area contributed by atoms with Gasteiger partial charge < -0.3 is 9.72 Å². The highest BCUT2D eigenvalue weighted by molar-refractivity contribution is 5.75. The Kier molecular flexibility index (Phi) is 2.55. The largest absolute Gasteiger partial charge is 0.378 e. The third kappa shape index (κ3) is 1.91. The van der Waals surface area contributed by atoms with Crippen molar-refractivity contribution in [3.05, 3.63) is 29.6 Å². The molecular weight excluding hydrogens is 226 g/mol. The molecule has 2 heterocycles. The molecule has 0 spiro atoms. The van der Waals surface area contributed by atoms with Crippen LogP contribution in [0.1, 0.15) is 18.7 Å².